The number of rotatable bonds is 3. The molecule has 1 aromatic carbocycles. The summed E-state index contributed by atoms with van der Waals surface area (Å²) in [6.45, 7) is 0. The maximum Gasteiger partial charge on any atom is 0.310 e. The van der Waals surface area contributed by atoms with Crippen molar-refractivity contribution in [3.8, 4) is 0 Å². The van der Waals surface area contributed by atoms with Crippen molar-refractivity contribution >= 4 is 21.9 Å². The number of halogens is 3. The molecule has 2 nitrogen and oxygen atoms in total. The van der Waals surface area contributed by atoms with Crippen LogP contribution in [0.5, 0.6) is 0 Å². The lowest BCUT2D eigenvalue weighted by Crippen LogP contribution is -2.26. The first kappa shape index (κ1) is 12.5. The minimum atomic E-state index is -0.740. The van der Waals surface area contributed by atoms with Crippen LogP contribution in [0.25, 0.3) is 0 Å². The van der Waals surface area contributed by atoms with Gasteiger partial charge in [0.05, 0.1) is 10.9 Å². The summed E-state index contributed by atoms with van der Waals surface area (Å²) in [5.74, 6) is -2.04. The van der Waals surface area contributed by atoms with E-state index < -0.39 is 17.6 Å². The number of benzene rings is 1. The van der Waals surface area contributed by atoms with E-state index in [1.165, 1.54) is 6.07 Å². The summed E-state index contributed by atoms with van der Waals surface area (Å²) >= 11 is 2.95. The summed E-state index contributed by atoms with van der Waals surface area (Å²) in [4.78, 5) is 11.5. The van der Waals surface area contributed by atoms with Crippen LogP contribution in [0.1, 0.15) is 24.8 Å². The van der Waals surface area contributed by atoms with Crippen LogP contribution >= 0.6 is 15.9 Å². The van der Waals surface area contributed by atoms with Crippen LogP contribution in [0.4, 0.5) is 8.78 Å². The van der Waals surface area contributed by atoms with Crippen LogP contribution in [0.15, 0.2) is 16.6 Å². The highest BCUT2D eigenvalue weighted by Gasteiger charge is 2.23. The topological polar surface area (TPSA) is 26.3 Å². The van der Waals surface area contributed by atoms with Gasteiger partial charge >= 0.3 is 5.97 Å². The minimum Gasteiger partial charge on any atom is -0.462 e. The average molecular weight is 305 g/mol. The van der Waals surface area contributed by atoms with Gasteiger partial charge in [-0.05, 0) is 47.3 Å². The third-order valence-electron chi connectivity index (χ3n) is 2.81. The third kappa shape index (κ3) is 2.83. The number of esters is 1. The number of hydrogen-bond acceptors (Lipinski definition) is 2. The van der Waals surface area contributed by atoms with Gasteiger partial charge in [0.25, 0.3) is 0 Å². The SMILES string of the molecule is O=C(Cc1c(F)ccc(Br)c1F)OC1CCC1. The van der Waals surface area contributed by atoms with E-state index in [1.807, 2.05) is 0 Å². The van der Waals surface area contributed by atoms with Crippen molar-refractivity contribution in [1.29, 1.82) is 0 Å². The van der Waals surface area contributed by atoms with Gasteiger partial charge in [-0.15, -0.1) is 0 Å². The third-order valence-corrected chi connectivity index (χ3v) is 3.42. The van der Waals surface area contributed by atoms with E-state index in [0.717, 1.165) is 25.3 Å². The van der Waals surface area contributed by atoms with Gasteiger partial charge in [0, 0.05) is 5.56 Å². The Balaban J connectivity index is 2.06. The van der Waals surface area contributed by atoms with E-state index in [4.69, 9.17) is 4.74 Å². The van der Waals surface area contributed by atoms with Crippen molar-refractivity contribution in [2.75, 3.05) is 0 Å². The Morgan fingerprint density at radius 3 is 2.71 bits per heavy atom. The van der Waals surface area contributed by atoms with Crippen LogP contribution in [0.2, 0.25) is 0 Å². The standard InChI is InChI=1S/C12H11BrF2O2/c13-9-4-5-10(14)8(12(9)15)6-11(16)17-7-2-1-3-7/h4-5,7H,1-3,6H2. The summed E-state index contributed by atoms with van der Waals surface area (Å²) in [5.41, 5.74) is -0.247. The predicted octanol–water partition coefficient (Wildman–Crippen LogP) is 3.37. The average Bonchev–Trinajstić information content (AvgIpc) is 2.24. The molecule has 0 N–H and O–H groups in total. The molecule has 5 heteroatoms. The zero-order chi connectivity index (χ0) is 12.4. The molecule has 0 aliphatic heterocycles. The molecule has 0 radical (unpaired) electrons. The van der Waals surface area contributed by atoms with Crippen molar-refractivity contribution in [1.82, 2.24) is 0 Å². The number of hydrogen-bond donors (Lipinski definition) is 0. The molecule has 1 aliphatic carbocycles. The van der Waals surface area contributed by atoms with Gasteiger partial charge in [-0.3, -0.25) is 4.79 Å². The summed E-state index contributed by atoms with van der Waals surface area (Å²) in [5, 5.41) is 0. The fourth-order valence-corrected chi connectivity index (χ4v) is 1.96. The highest BCUT2D eigenvalue weighted by molar-refractivity contribution is 9.10. The molecular formula is C12H11BrF2O2. The second-order valence-corrected chi connectivity index (χ2v) is 4.90. The number of carbonyl (C=O) groups is 1. The Morgan fingerprint density at radius 1 is 1.41 bits per heavy atom. The lowest BCUT2D eigenvalue weighted by Gasteiger charge is -2.25. The molecule has 0 saturated heterocycles. The molecule has 2 rings (SSSR count). The Hall–Kier alpha value is -0.970. The number of ether oxygens (including phenoxy) is 1. The molecule has 1 fully saturated rings. The minimum absolute atomic E-state index is 0.0687. The Bertz CT molecular complexity index is 444. The second kappa shape index (κ2) is 5.12. The van der Waals surface area contributed by atoms with Gasteiger partial charge in [-0.2, -0.15) is 0 Å². The molecule has 0 unspecified atom stereocenters. The van der Waals surface area contributed by atoms with Gasteiger partial charge in [0.2, 0.25) is 0 Å². The zero-order valence-electron chi connectivity index (χ0n) is 9.01. The van der Waals surface area contributed by atoms with Gasteiger partial charge in [-0.1, -0.05) is 0 Å². The highest BCUT2D eigenvalue weighted by Crippen LogP contribution is 2.25. The summed E-state index contributed by atoms with van der Waals surface area (Å²) < 4.78 is 32.1. The van der Waals surface area contributed by atoms with Gasteiger partial charge in [0.1, 0.15) is 17.7 Å². The smallest absolute Gasteiger partial charge is 0.310 e. The van der Waals surface area contributed by atoms with Gasteiger partial charge < -0.3 is 4.74 Å². The molecule has 0 atom stereocenters. The fourth-order valence-electron chi connectivity index (χ4n) is 1.59. The first-order chi connectivity index (χ1) is 8.08. The lowest BCUT2D eigenvalue weighted by molar-refractivity contribution is -0.152. The van der Waals surface area contributed by atoms with Crippen LogP contribution in [0.3, 0.4) is 0 Å². The van der Waals surface area contributed by atoms with Gasteiger partial charge in [0.15, 0.2) is 0 Å². The largest absolute Gasteiger partial charge is 0.462 e. The van der Waals surface area contributed by atoms with Crippen LogP contribution < -0.4 is 0 Å². The zero-order valence-corrected chi connectivity index (χ0v) is 10.6. The molecule has 17 heavy (non-hydrogen) atoms. The summed E-state index contributed by atoms with van der Waals surface area (Å²) in [7, 11) is 0. The molecule has 1 aliphatic rings. The van der Waals surface area contributed by atoms with Crippen LogP contribution in [0, 0.1) is 11.6 Å². The maximum atomic E-state index is 13.6. The predicted molar refractivity (Wildman–Crippen MR) is 61.5 cm³/mol. The maximum absolute atomic E-state index is 13.6. The Labute approximate surface area is 106 Å². The second-order valence-electron chi connectivity index (χ2n) is 4.04. The van der Waals surface area contributed by atoms with E-state index in [9.17, 15) is 13.6 Å². The van der Waals surface area contributed by atoms with Crippen molar-refractivity contribution < 1.29 is 18.3 Å². The van der Waals surface area contributed by atoms with E-state index in [1.54, 1.807) is 0 Å². The summed E-state index contributed by atoms with van der Waals surface area (Å²) in [6.07, 6.45) is 2.29. The van der Waals surface area contributed by atoms with Crippen molar-refractivity contribution in [3.63, 3.8) is 0 Å². The molecule has 0 amide bonds. The number of carbonyl (C=O) groups excluding carboxylic acids is 1. The van der Waals surface area contributed by atoms with E-state index in [2.05, 4.69) is 15.9 Å². The fraction of sp³-hybridized carbons (Fsp3) is 0.417. The molecule has 0 bridgehead atoms. The van der Waals surface area contributed by atoms with Crippen molar-refractivity contribution in [2.45, 2.75) is 31.8 Å². The lowest BCUT2D eigenvalue weighted by atomic mass is 9.96. The molecule has 0 aromatic heterocycles. The van der Waals surface area contributed by atoms with Crippen LogP contribution in [-0.2, 0) is 16.0 Å². The van der Waals surface area contributed by atoms with Crippen molar-refractivity contribution in [3.05, 3.63) is 33.8 Å². The highest BCUT2D eigenvalue weighted by atomic mass is 79.9. The molecule has 0 heterocycles. The van der Waals surface area contributed by atoms with E-state index in [0.29, 0.717) is 0 Å². The quantitative estimate of drug-likeness (QED) is 0.632. The first-order valence-electron chi connectivity index (χ1n) is 5.40. The normalized spacial score (nSPS) is 15.5. The van der Waals surface area contributed by atoms with Crippen molar-refractivity contribution in [2.24, 2.45) is 0 Å². The summed E-state index contributed by atoms with van der Waals surface area (Å²) in [6, 6.07) is 2.39. The Morgan fingerprint density at radius 2 is 2.12 bits per heavy atom. The molecule has 0 spiro atoms. The van der Waals surface area contributed by atoms with E-state index in [-0.39, 0.29) is 22.6 Å². The molecule has 1 saturated carbocycles. The van der Waals surface area contributed by atoms with Gasteiger partial charge in [-0.25, -0.2) is 8.78 Å². The molecule has 1 aromatic rings. The first-order valence-corrected chi connectivity index (χ1v) is 6.19. The Kier molecular flexibility index (Phi) is 3.76. The molecule has 92 valence electrons. The molecular weight excluding hydrogens is 294 g/mol. The van der Waals surface area contributed by atoms with Crippen LogP contribution in [-0.4, -0.2) is 12.1 Å². The monoisotopic (exact) mass is 304 g/mol. The van der Waals surface area contributed by atoms with E-state index >= 15 is 0 Å².